The summed E-state index contributed by atoms with van der Waals surface area (Å²) in [5, 5.41) is 14.6. The number of nitrogens with one attached hydrogen (secondary N) is 1. The van der Waals surface area contributed by atoms with Crippen molar-refractivity contribution in [2.24, 2.45) is 0 Å². The van der Waals surface area contributed by atoms with E-state index < -0.39 is 11.6 Å². The summed E-state index contributed by atoms with van der Waals surface area (Å²) >= 11 is 5.99. The molecule has 1 unspecified atom stereocenters. The summed E-state index contributed by atoms with van der Waals surface area (Å²) in [7, 11) is 0. The van der Waals surface area contributed by atoms with Crippen molar-refractivity contribution in [3.05, 3.63) is 82.4 Å². The van der Waals surface area contributed by atoms with E-state index in [0.29, 0.717) is 33.8 Å². The fourth-order valence-corrected chi connectivity index (χ4v) is 6.76. The van der Waals surface area contributed by atoms with E-state index >= 15 is 0 Å². The van der Waals surface area contributed by atoms with Gasteiger partial charge in [-0.05, 0) is 91.2 Å². The molecule has 1 N–H and O–H groups in total. The van der Waals surface area contributed by atoms with Crippen LogP contribution < -0.4 is 9.47 Å². The molecule has 10 nitrogen and oxygen atoms in total. The third-order valence-corrected chi connectivity index (χ3v) is 9.28. The highest BCUT2D eigenvalue weighted by Crippen LogP contribution is 2.50. The van der Waals surface area contributed by atoms with E-state index in [1.165, 1.54) is 6.07 Å². The molecule has 0 aliphatic carbocycles. The Hall–Kier alpha value is -4.06. The highest BCUT2D eigenvalue weighted by Gasteiger charge is 2.43. The predicted molar refractivity (Wildman–Crippen MR) is 161 cm³/mol. The van der Waals surface area contributed by atoms with Crippen LogP contribution in [0.25, 0.3) is 22.4 Å². The van der Waals surface area contributed by atoms with Crippen LogP contribution in [0.15, 0.2) is 54.6 Å². The van der Waals surface area contributed by atoms with Crippen LogP contribution in [0.5, 0.6) is 11.5 Å². The minimum atomic E-state index is -1.26. The number of nitrogens with zero attached hydrogens (tertiary/aromatic N) is 6. The molecule has 0 saturated carbocycles. The summed E-state index contributed by atoms with van der Waals surface area (Å²) in [4.78, 5) is 7.54. The highest BCUT2D eigenvalue weighted by atomic mass is 35.5. The highest BCUT2D eigenvalue weighted by molar-refractivity contribution is 6.30. The molecule has 5 aromatic rings. The Kier molecular flexibility index (Phi) is 6.77. The first-order valence-electron chi connectivity index (χ1n) is 15.0. The lowest BCUT2D eigenvalue weighted by Crippen LogP contribution is -2.35. The number of benzene rings is 3. The molecule has 5 heterocycles. The van der Waals surface area contributed by atoms with Crippen LogP contribution in [0.2, 0.25) is 5.02 Å². The number of hydrogen-bond acceptors (Lipinski definition) is 8. The summed E-state index contributed by atoms with van der Waals surface area (Å²) in [6.07, 6.45) is 3.19. The van der Waals surface area contributed by atoms with Crippen molar-refractivity contribution < 1.29 is 18.6 Å². The number of fused-ring (bicyclic) bond motifs is 2. The second-order valence-electron chi connectivity index (χ2n) is 11.9. The molecular formula is C32H31ClFN7O3. The molecule has 0 bridgehead atoms. The van der Waals surface area contributed by atoms with Crippen molar-refractivity contribution in [2.45, 2.75) is 57.1 Å². The van der Waals surface area contributed by atoms with E-state index in [1.54, 1.807) is 19.1 Å². The number of likely N-dealkylation sites (tertiary alicyclic amines) is 1. The van der Waals surface area contributed by atoms with Gasteiger partial charge in [-0.25, -0.2) is 14.5 Å². The van der Waals surface area contributed by atoms with E-state index in [1.807, 2.05) is 24.3 Å². The molecule has 12 heteroatoms. The Balaban J connectivity index is 0.999. The Morgan fingerprint density at radius 1 is 1.07 bits per heavy atom. The van der Waals surface area contributed by atoms with Crippen molar-refractivity contribution in [1.82, 2.24) is 35.1 Å². The van der Waals surface area contributed by atoms with Gasteiger partial charge in [-0.1, -0.05) is 23.7 Å². The first kappa shape index (κ1) is 27.5. The number of ether oxygens (including phenoxy) is 3. The maximum atomic E-state index is 14.8. The fraction of sp³-hybridized carbons (Fsp3) is 0.375. The van der Waals surface area contributed by atoms with E-state index in [2.05, 4.69) is 42.2 Å². The summed E-state index contributed by atoms with van der Waals surface area (Å²) in [6, 6.07) is 16.7. The third-order valence-electron chi connectivity index (χ3n) is 9.05. The number of aromatic amines is 1. The molecule has 8 rings (SSSR count). The Morgan fingerprint density at radius 2 is 1.93 bits per heavy atom. The Labute approximate surface area is 258 Å². The zero-order chi connectivity index (χ0) is 29.8. The number of tetrazole rings is 1. The van der Waals surface area contributed by atoms with Gasteiger partial charge in [-0.2, -0.15) is 0 Å². The molecule has 3 aliphatic rings. The topological polar surface area (TPSA) is 103 Å². The minimum Gasteiger partial charge on any atom is -0.444 e. The molecule has 2 fully saturated rings. The summed E-state index contributed by atoms with van der Waals surface area (Å²) in [5.74, 6) is 1.55. The maximum Gasteiger partial charge on any atom is 0.278 e. The summed E-state index contributed by atoms with van der Waals surface area (Å²) < 4.78 is 35.5. The number of H-pyrrole nitrogens is 1. The second kappa shape index (κ2) is 10.8. The van der Waals surface area contributed by atoms with Crippen molar-refractivity contribution >= 4 is 22.6 Å². The number of hydrogen-bond donors (Lipinski definition) is 1. The number of halogens is 2. The molecule has 2 atom stereocenters. The van der Waals surface area contributed by atoms with Gasteiger partial charge in [0.1, 0.15) is 11.6 Å². The molecule has 226 valence electrons. The van der Waals surface area contributed by atoms with Gasteiger partial charge in [-0.15, -0.1) is 5.10 Å². The van der Waals surface area contributed by atoms with Gasteiger partial charge in [0.05, 0.1) is 35.8 Å². The lowest BCUT2D eigenvalue weighted by atomic mass is 9.88. The molecule has 0 amide bonds. The number of rotatable bonds is 7. The lowest BCUT2D eigenvalue weighted by Gasteiger charge is -2.33. The molecular weight excluding hydrogens is 585 g/mol. The molecule has 44 heavy (non-hydrogen) atoms. The van der Waals surface area contributed by atoms with Crippen LogP contribution in [0, 0.1) is 5.82 Å². The Morgan fingerprint density at radius 3 is 2.68 bits per heavy atom. The van der Waals surface area contributed by atoms with Crippen molar-refractivity contribution in [3.8, 4) is 22.9 Å². The smallest absolute Gasteiger partial charge is 0.278 e. The largest absolute Gasteiger partial charge is 0.444 e. The Bertz CT molecular complexity index is 1840. The first-order valence-corrected chi connectivity index (χ1v) is 15.3. The zero-order valence-corrected chi connectivity index (χ0v) is 24.9. The van der Waals surface area contributed by atoms with Crippen molar-refractivity contribution in [3.63, 3.8) is 0 Å². The quantitative estimate of drug-likeness (QED) is 0.244. The standard InChI is InChI=1S/C32H31ClFN7O3/c1-32(24-7-6-21(33)16-25(24)34)43-28-4-2-3-23(30(28)44-32)19-9-12-40(13-10-19)18-29-35-26-15-20(31-36-38-39-37-31)5-8-27(26)41(29)17-22-11-14-42-22/h2-8,15-16,19,22H,9-14,17-18H2,1H3,(H,36,37,38,39)/t22-,32?/m0/s1. The normalized spacial score (nSPS) is 22.0. The second-order valence-corrected chi connectivity index (χ2v) is 12.3. The van der Waals surface area contributed by atoms with E-state index in [4.69, 9.17) is 30.8 Å². The summed E-state index contributed by atoms with van der Waals surface area (Å²) in [5.41, 5.74) is 4.32. The summed E-state index contributed by atoms with van der Waals surface area (Å²) in [6.45, 7) is 5.92. The molecule has 3 aliphatic heterocycles. The van der Waals surface area contributed by atoms with Gasteiger partial charge in [0.25, 0.3) is 5.79 Å². The van der Waals surface area contributed by atoms with Gasteiger partial charge in [0.15, 0.2) is 17.3 Å². The number of imidazole rings is 1. The van der Waals surface area contributed by atoms with Crippen LogP contribution in [-0.4, -0.2) is 60.9 Å². The van der Waals surface area contributed by atoms with Crippen molar-refractivity contribution in [2.75, 3.05) is 19.7 Å². The molecule has 2 aromatic heterocycles. The van der Waals surface area contributed by atoms with Gasteiger partial charge >= 0.3 is 0 Å². The average molecular weight is 616 g/mol. The van der Waals surface area contributed by atoms with Gasteiger partial charge < -0.3 is 18.8 Å². The lowest BCUT2D eigenvalue weighted by molar-refractivity contribution is -0.0712. The van der Waals surface area contributed by atoms with E-state index in [0.717, 1.165) is 80.0 Å². The number of para-hydroxylation sites is 1. The predicted octanol–water partition coefficient (Wildman–Crippen LogP) is 5.82. The molecule has 2 saturated heterocycles. The molecule has 0 radical (unpaired) electrons. The average Bonchev–Trinajstić information content (AvgIpc) is 3.72. The van der Waals surface area contributed by atoms with Crippen molar-refractivity contribution in [1.29, 1.82) is 0 Å². The maximum absolute atomic E-state index is 14.8. The third kappa shape index (κ3) is 4.89. The van der Waals surface area contributed by atoms with Crippen LogP contribution in [0.4, 0.5) is 4.39 Å². The van der Waals surface area contributed by atoms with Crippen LogP contribution >= 0.6 is 11.6 Å². The molecule has 3 aromatic carbocycles. The number of aromatic nitrogens is 6. The first-order chi connectivity index (χ1) is 21.4. The SMILES string of the molecule is CC1(c2ccc(Cl)cc2F)Oc2cccc(C3CCN(Cc4nc5cc(-c6nnn[nH]6)ccc5n4C[C@@H]4CCO4)CC3)c2O1. The van der Waals surface area contributed by atoms with Gasteiger partial charge in [0, 0.05) is 29.7 Å². The minimum absolute atomic E-state index is 0.212. The zero-order valence-electron chi connectivity index (χ0n) is 24.2. The fourth-order valence-electron chi connectivity index (χ4n) is 6.60. The number of piperidine rings is 1. The van der Waals surface area contributed by atoms with Gasteiger partial charge in [-0.3, -0.25) is 4.90 Å². The molecule has 0 spiro atoms. The van der Waals surface area contributed by atoms with Crippen LogP contribution in [0.3, 0.4) is 0 Å². The van der Waals surface area contributed by atoms with Gasteiger partial charge in [0.2, 0.25) is 0 Å². The van der Waals surface area contributed by atoms with E-state index in [-0.39, 0.29) is 6.10 Å². The van der Waals surface area contributed by atoms with E-state index in [9.17, 15) is 4.39 Å². The van der Waals surface area contributed by atoms with Crippen LogP contribution in [0.1, 0.15) is 49.1 Å². The monoisotopic (exact) mass is 615 g/mol. The van der Waals surface area contributed by atoms with Crippen LogP contribution in [-0.2, 0) is 23.6 Å².